The van der Waals surface area contributed by atoms with Crippen molar-refractivity contribution in [1.29, 1.82) is 21.0 Å². The first-order valence-electron chi connectivity index (χ1n) is 14.8. The molecule has 214 valence electrons. The van der Waals surface area contributed by atoms with Gasteiger partial charge in [-0.25, -0.2) is 0 Å². The molecule has 0 bridgehead atoms. The van der Waals surface area contributed by atoms with Crippen LogP contribution in [0.1, 0.15) is 22.3 Å². The molecule has 3 heterocycles. The molecule has 0 aliphatic heterocycles. The van der Waals surface area contributed by atoms with Gasteiger partial charge in [0, 0.05) is 53.1 Å². The van der Waals surface area contributed by atoms with E-state index in [0.717, 1.165) is 65.8 Å². The van der Waals surface area contributed by atoms with Crippen molar-refractivity contribution in [1.82, 2.24) is 9.13 Å². The summed E-state index contributed by atoms with van der Waals surface area (Å²) in [6, 6.07) is 44.8. The SMILES string of the molecule is N#Cc1ccc2c(c1)c1cc(C#N)ccc1n2-c1ccc2sc3ccc(-n4c5ccc(C#N)cc5c5cc(C#N)ccc54)cc3c2c1. The van der Waals surface area contributed by atoms with Gasteiger partial charge in [-0.05, 0) is 109 Å². The maximum absolute atomic E-state index is 9.61. The number of aromatic nitrogens is 2. The Labute approximate surface area is 271 Å². The Balaban J connectivity index is 1.30. The molecule has 0 aliphatic carbocycles. The summed E-state index contributed by atoms with van der Waals surface area (Å²) < 4.78 is 6.73. The van der Waals surface area contributed by atoms with Crippen molar-refractivity contribution < 1.29 is 0 Å². The average molecular weight is 615 g/mol. The summed E-state index contributed by atoms with van der Waals surface area (Å²) in [7, 11) is 0. The molecule has 9 aromatic rings. The van der Waals surface area contributed by atoms with Crippen molar-refractivity contribution in [3.8, 4) is 35.7 Å². The number of thiophene rings is 1. The predicted molar refractivity (Wildman–Crippen MR) is 187 cm³/mol. The number of hydrogen-bond donors (Lipinski definition) is 0. The summed E-state index contributed by atoms with van der Waals surface area (Å²) in [6.45, 7) is 0. The number of rotatable bonds is 2. The van der Waals surface area contributed by atoms with Crippen LogP contribution in [0.25, 0.3) is 75.2 Å². The maximum Gasteiger partial charge on any atom is 0.0991 e. The number of nitriles is 4. The molecular weight excluding hydrogens is 597 g/mol. The van der Waals surface area contributed by atoms with Gasteiger partial charge < -0.3 is 9.13 Å². The molecule has 0 fully saturated rings. The molecule has 0 aliphatic rings. The molecule has 0 unspecified atom stereocenters. The van der Waals surface area contributed by atoms with Crippen molar-refractivity contribution >= 4 is 75.1 Å². The van der Waals surface area contributed by atoms with Gasteiger partial charge in [-0.1, -0.05) is 0 Å². The zero-order chi connectivity index (χ0) is 31.8. The number of fused-ring (bicyclic) bond motifs is 9. The van der Waals surface area contributed by atoms with Gasteiger partial charge in [0.15, 0.2) is 0 Å². The van der Waals surface area contributed by atoms with E-state index in [-0.39, 0.29) is 0 Å². The lowest BCUT2D eigenvalue weighted by molar-refractivity contribution is 1.18. The topological polar surface area (TPSA) is 105 Å². The highest BCUT2D eigenvalue weighted by molar-refractivity contribution is 7.25. The van der Waals surface area contributed by atoms with Gasteiger partial charge in [0.05, 0.1) is 68.6 Å². The second-order valence-electron chi connectivity index (χ2n) is 11.5. The minimum atomic E-state index is 0.573. The van der Waals surface area contributed by atoms with Crippen LogP contribution in [0.2, 0.25) is 0 Å². The third-order valence-corrected chi connectivity index (χ3v) is 10.2. The van der Waals surface area contributed by atoms with Gasteiger partial charge in [-0.3, -0.25) is 0 Å². The van der Waals surface area contributed by atoms with E-state index in [1.807, 2.05) is 72.8 Å². The summed E-state index contributed by atoms with van der Waals surface area (Å²) in [5, 5.41) is 44.4. The van der Waals surface area contributed by atoms with Crippen LogP contribution in [-0.4, -0.2) is 9.13 Å². The zero-order valence-corrected chi connectivity index (χ0v) is 25.3. The van der Waals surface area contributed by atoms with Crippen LogP contribution in [0.4, 0.5) is 0 Å². The maximum atomic E-state index is 9.61. The molecule has 9 rings (SSSR count). The van der Waals surface area contributed by atoms with Crippen LogP contribution in [0.3, 0.4) is 0 Å². The van der Waals surface area contributed by atoms with Crippen LogP contribution in [-0.2, 0) is 0 Å². The van der Waals surface area contributed by atoms with Crippen molar-refractivity contribution in [2.45, 2.75) is 0 Å². The first kappa shape index (κ1) is 26.5. The first-order valence-corrected chi connectivity index (χ1v) is 15.6. The van der Waals surface area contributed by atoms with E-state index in [4.69, 9.17) is 0 Å². The predicted octanol–water partition coefficient (Wildman–Crippen LogP) is 9.74. The molecule has 0 N–H and O–H groups in total. The lowest BCUT2D eigenvalue weighted by Crippen LogP contribution is -1.94. The van der Waals surface area contributed by atoms with Crippen molar-refractivity contribution in [3.05, 3.63) is 131 Å². The molecule has 47 heavy (non-hydrogen) atoms. The molecule has 0 saturated heterocycles. The third-order valence-electron chi connectivity index (χ3n) is 9.00. The van der Waals surface area contributed by atoms with Crippen LogP contribution >= 0.6 is 11.3 Å². The number of hydrogen-bond acceptors (Lipinski definition) is 5. The van der Waals surface area contributed by atoms with Crippen LogP contribution in [0.15, 0.2) is 109 Å². The van der Waals surface area contributed by atoms with Crippen molar-refractivity contribution in [3.63, 3.8) is 0 Å². The smallest absolute Gasteiger partial charge is 0.0991 e. The molecule has 0 saturated carbocycles. The molecule has 7 heteroatoms. The lowest BCUT2D eigenvalue weighted by Gasteiger charge is -2.10. The Morgan fingerprint density at radius 2 is 0.681 bits per heavy atom. The Morgan fingerprint density at radius 1 is 0.362 bits per heavy atom. The fourth-order valence-electron chi connectivity index (χ4n) is 6.91. The van der Waals surface area contributed by atoms with Gasteiger partial charge in [0.25, 0.3) is 0 Å². The summed E-state index contributed by atoms with van der Waals surface area (Å²) in [5.74, 6) is 0. The molecular formula is C40H18N6S. The summed E-state index contributed by atoms with van der Waals surface area (Å²) in [4.78, 5) is 0. The molecule has 0 spiro atoms. The summed E-state index contributed by atoms with van der Waals surface area (Å²) in [6.07, 6.45) is 0. The minimum absolute atomic E-state index is 0.573. The van der Waals surface area contributed by atoms with Gasteiger partial charge in [-0.2, -0.15) is 21.0 Å². The Bertz CT molecular complexity index is 2670. The van der Waals surface area contributed by atoms with E-state index in [2.05, 4.69) is 69.8 Å². The van der Waals surface area contributed by atoms with Gasteiger partial charge >= 0.3 is 0 Å². The van der Waals surface area contributed by atoms with Crippen molar-refractivity contribution in [2.75, 3.05) is 0 Å². The molecule has 6 nitrogen and oxygen atoms in total. The molecule has 0 atom stereocenters. The van der Waals surface area contributed by atoms with E-state index in [1.165, 1.54) is 9.40 Å². The summed E-state index contributed by atoms with van der Waals surface area (Å²) in [5.41, 5.74) is 8.13. The van der Waals surface area contributed by atoms with Gasteiger partial charge in [0.1, 0.15) is 0 Å². The quantitative estimate of drug-likeness (QED) is 0.193. The third kappa shape index (κ3) is 3.79. The summed E-state index contributed by atoms with van der Waals surface area (Å²) >= 11 is 1.75. The van der Waals surface area contributed by atoms with E-state index >= 15 is 0 Å². The largest absolute Gasteiger partial charge is 0.309 e. The zero-order valence-electron chi connectivity index (χ0n) is 24.5. The van der Waals surface area contributed by atoms with Crippen molar-refractivity contribution in [2.24, 2.45) is 0 Å². The number of nitrogens with zero attached hydrogens (tertiary/aromatic N) is 6. The van der Waals surface area contributed by atoms with E-state index in [1.54, 1.807) is 11.3 Å². The second-order valence-corrected chi connectivity index (χ2v) is 12.6. The Kier molecular flexibility index (Phi) is 5.53. The van der Waals surface area contributed by atoms with E-state index < -0.39 is 0 Å². The van der Waals surface area contributed by atoms with Crippen LogP contribution in [0, 0.1) is 45.3 Å². The van der Waals surface area contributed by atoms with E-state index in [0.29, 0.717) is 22.3 Å². The molecule has 6 aromatic carbocycles. The van der Waals surface area contributed by atoms with Crippen LogP contribution in [0.5, 0.6) is 0 Å². The second kappa shape index (κ2) is 9.80. The van der Waals surface area contributed by atoms with E-state index in [9.17, 15) is 21.0 Å². The van der Waals surface area contributed by atoms with Gasteiger partial charge in [0.2, 0.25) is 0 Å². The fourth-order valence-corrected chi connectivity index (χ4v) is 7.98. The fraction of sp³-hybridized carbons (Fsp3) is 0. The standard InChI is InChI=1S/C40H18N6S/c41-19-23-1-7-35-29(13-23)30-14-24(20-42)2-8-36(30)45(35)27-5-11-39-33(17-27)34-18-28(6-12-40(34)47-39)46-37-9-3-25(21-43)15-31(37)32-16-26(22-44)4-10-38(32)46/h1-18H. The molecule has 0 amide bonds. The van der Waals surface area contributed by atoms with Gasteiger partial charge in [-0.15, -0.1) is 11.3 Å². The van der Waals surface area contributed by atoms with Crippen LogP contribution < -0.4 is 0 Å². The average Bonchev–Trinajstić information content (AvgIpc) is 3.76. The Hall–Kier alpha value is -6.90. The monoisotopic (exact) mass is 614 g/mol. The first-order chi connectivity index (χ1) is 23.1. The Morgan fingerprint density at radius 3 is 0.979 bits per heavy atom. The number of benzene rings is 6. The highest BCUT2D eigenvalue weighted by Crippen LogP contribution is 2.40. The highest BCUT2D eigenvalue weighted by atomic mass is 32.1. The minimum Gasteiger partial charge on any atom is -0.309 e. The molecule has 0 radical (unpaired) electrons. The normalized spacial score (nSPS) is 11.3. The molecule has 3 aromatic heterocycles. The highest BCUT2D eigenvalue weighted by Gasteiger charge is 2.18. The lowest BCUT2D eigenvalue weighted by atomic mass is 10.1.